The van der Waals surface area contributed by atoms with E-state index in [-0.39, 0.29) is 0 Å². The highest BCUT2D eigenvalue weighted by molar-refractivity contribution is 9.10. The summed E-state index contributed by atoms with van der Waals surface area (Å²) in [7, 11) is 0. The van der Waals surface area contributed by atoms with Gasteiger partial charge in [-0.1, -0.05) is 50.4 Å². The molecule has 78 valence electrons. The van der Waals surface area contributed by atoms with E-state index in [0.29, 0.717) is 17.5 Å². The van der Waals surface area contributed by atoms with Crippen molar-refractivity contribution >= 4 is 43.5 Å². The molecule has 14 heavy (non-hydrogen) atoms. The highest BCUT2D eigenvalue weighted by atomic mass is 79.9. The molecule has 0 aromatic heterocycles. The van der Waals surface area contributed by atoms with Crippen molar-refractivity contribution < 1.29 is 4.74 Å². The summed E-state index contributed by atoms with van der Waals surface area (Å²) in [5, 5.41) is 1.57. The lowest BCUT2D eigenvalue weighted by Gasteiger charge is -2.11. The molecule has 0 fully saturated rings. The van der Waals surface area contributed by atoms with E-state index in [0.717, 1.165) is 15.6 Å². The molecule has 1 rings (SSSR count). The Morgan fingerprint density at radius 1 is 1.50 bits per heavy atom. The molecule has 0 aliphatic carbocycles. The number of hydrogen-bond donors (Lipinski definition) is 0. The molecule has 1 aromatic rings. The summed E-state index contributed by atoms with van der Waals surface area (Å²) >= 11 is 12.7. The molecule has 1 nitrogen and oxygen atoms in total. The predicted octanol–water partition coefficient (Wildman–Crippen LogP) is 4.51. The average Bonchev–Trinajstić information content (AvgIpc) is 2.16. The Labute approximate surface area is 106 Å². The van der Waals surface area contributed by atoms with Crippen molar-refractivity contribution in [2.24, 2.45) is 5.92 Å². The minimum Gasteiger partial charge on any atom is -0.492 e. The maximum absolute atomic E-state index is 5.99. The maximum Gasteiger partial charge on any atom is 0.137 e. The van der Waals surface area contributed by atoms with E-state index in [9.17, 15) is 0 Å². The molecule has 0 radical (unpaired) electrons. The van der Waals surface area contributed by atoms with Gasteiger partial charge >= 0.3 is 0 Å². The molecule has 0 heterocycles. The number of benzene rings is 1. The standard InChI is InChI=1S/C10H11Br2ClO/c1-7(5-11)6-14-10-3-2-8(12)4-9(10)13/h2-4,7H,5-6H2,1H3. The zero-order valence-electron chi connectivity index (χ0n) is 7.77. The van der Waals surface area contributed by atoms with Crippen LogP contribution < -0.4 is 4.74 Å². The molecular weight excluding hydrogens is 331 g/mol. The SMILES string of the molecule is CC(CBr)COc1ccc(Br)cc1Cl. The van der Waals surface area contributed by atoms with Gasteiger partial charge in [0.2, 0.25) is 0 Å². The van der Waals surface area contributed by atoms with Gasteiger partial charge in [0.15, 0.2) is 0 Å². The van der Waals surface area contributed by atoms with Crippen LogP contribution in [0.15, 0.2) is 22.7 Å². The minimum atomic E-state index is 0.481. The molecule has 1 atom stereocenters. The monoisotopic (exact) mass is 340 g/mol. The first-order valence-electron chi connectivity index (χ1n) is 4.27. The quantitative estimate of drug-likeness (QED) is 0.732. The molecule has 1 aromatic carbocycles. The van der Waals surface area contributed by atoms with Gasteiger partial charge in [-0.3, -0.25) is 0 Å². The third kappa shape index (κ3) is 3.79. The van der Waals surface area contributed by atoms with Crippen LogP contribution in [0.3, 0.4) is 0 Å². The Morgan fingerprint density at radius 2 is 2.21 bits per heavy atom. The van der Waals surface area contributed by atoms with Crippen molar-refractivity contribution in [3.63, 3.8) is 0 Å². The fraction of sp³-hybridized carbons (Fsp3) is 0.400. The largest absolute Gasteiger partial charge is 0.492 e. The second-order valence-corrected chi connectivity index (χ2v) is 5.12. The van der Waals surface area contributed by atoms with Crippen LogP contribution in [0.1, 0.15) is 6.92 Å². The lowest BCUT2D eigenvalue weighted by molar-refractivity contribution is 0.274. The van der Waals surface area contributed by atoms with E-state index >= 15 is 0 Å². The fourth-order valence-electron chi connectivity index (χ4n) is 0.869. The molecule has 0 spiro atoms. The van der Waals surface area contributed by atoms with Crippen LogP contribution in [0.5, 0.6) is 5.75 Å². The Balaban J connectivity index is 2.59. The van der Waals surface area contributed by atoms with Crippen molar-refractivity contribution in [3.05, 3.63) is 27.7 Å². The van der Waals surface area contributed by atoms with Gasteiger partial charge in [0.25, 0.3) is 0 Å². The van der Waals surface area contributed by atoms with Crippen molar-refractivity contribution in [1.82, 2.24) is 0 Å². The molecule has 0 bridgehead atoms. The van der Waals surface area contributed by atoms with E-state index in [2.05, 4.69) is 38.8 Å². The van der Waals surface area contributed by atoms with Crippen LogP contribution in [0.25, 0.3) is 0 Å². The second kappa shape index (κ2) is 5.99. The van der Waals surface area contributed by atoms with Gasteiger partial charge in [0, 0.05) is 9.80 Å². The van der Waals surface area contributed by atoms with Crippen LogP contribution in [0.2, 0.25) is 5.02 Å². The lowest BCUT2D eigenvalue weighted by Crippen LogP contribution is -2.09. The van der Waals surface area contributed by atoms with Gasteiger partial charge in [-0.2, -0.15) is 0 Å². The van der Waals surface area contributed by atoms with Gasteiger partial charge in [0.05, 0.1) is 11.6 Å². The summed E-state index contributed by atoms with van der Waals surface area (Å²) in [6.07, 6.45) is 0. The van der Waals surface area contributed by atoms with E-state index in [1.807, 2.05) is 18.2 Å². The summed E-state index contributed by atoms with van der Waals surface area (Å²) in [4.78, 5) is 0. The molecule has 0 amide bonds. The van der Waals surface area contributed by atoms with E-state index in [4.69, 9.17) is 16.3 Å². The number of halogens is 3. The zero-order valence-corrected chi connectivity index (χ0v) is 11.7. The fourth-order valence-corrected chi connectivity index (χ4v) is 1.78. The summed E-state index contributed by atoms with van der Waals surface area (Å²) in [5.41, 5.74) is 0. The van der Waals surface area contributed by atoms with E-state index < -0.39 is 0 Å². The highest BCUT2D eigenvalue weighted by Gasteiger charge is 2.04. The molecule has 0 saturated heterocycles. The van der Waals surface area contributed by atoms with Gasteiger partial charge in [-0.05, 0) is 24.1 Å². The van der Waals surface area contributed by atoms with Crippen molar-refractivity contribution in [2.75, 3.05) is 11.9 Å². The lowest BCUT2D eigenvalue weighted by atomic mass is 10.2. The Bertz CT molecular complexity index is 304. The van der Waals surface area contributed by atoms with Crippen LogP contribution in [-0.2, 0) is 0 Å². The summed E-state index contributed by atoms with van der Waals surface area (Å²) in [6.45, 7) is 2.79. The topological polar surface area (TPSA) is 9.23 Å². The van der Waals surface area contributed by atoms with Crippen molar-refractivity contribution in [1.29, 1.82) is 0 Å². The number of rotatable bonds is 4. The van der Waals surface area contributed by atoms with Crippen LogP contribution in [-0.4, -0.2) is 11.9 Å². The third-order valence-corrected chi connectivity index (χ3v) is 3.57. The van der Waals surface area contributed by atoms with Crippen molar-refractivity contribution in [2.45, 2.75) is 6.92 Å². The smallest absolute Gasteiger partial charge is 0.137 e. The Hall–Kier alpha value is 0.270. The zero-order chi connectivity index (χ0) is 10.6. The average molecular weight is 342 g/mol. The van der Waals surface area contributed by atoms with Crippen LogP contribution >= 0.6 is 43.5 Å². The molecule has 0 aliphatic heterocycles. The second-order valence-electron chi connectivity index (χ2n) is 3.15. The molecule has 0 saturated carbocycles. The number of hydrogen-bond acceptors (Lipinski definition) is 1. The minimum absolute atomic E-state index is 0.481. The molecule has 1 unspecified atom stereocenters. The molecule has 0 aliphatic rings. The van der Waals surface area contributed by atoms with E-state index in [1.54, 1.807) is 0 Å². The highest BCUT2D eigenvalue weighted by Crippen LogP contribution is 2.28. The van der Waals surface area contributed by atoms with Crippen LogP contribution in [0, 0.1) is 5.92 Å². The van der Waals surface area contributed by atoms with Crippen LogP contribution in [0.4, 0.5) is 0 Å². The first-order chi connectivity index (χ1) is 6.63. The van der Waals surface area contributed by atoms with E-state index in [1.165, 1.54) is 0 Å². The summed E-state index contributed by atoms with van der Waals surface area (Å²) in [5.74, 6) is 1.22. The third-order valence-electron chi connectivity index (χ3n) is 1.68. The summed E-state index contributed by atoms with van der Waals surface area (Å²) in [6, 6.07) is 5.61. The predicted molar refractivity (Wildman–Crippen MR) is 67.6 cm³/mol. The number of alkyl halides is 1. The Morgan fingerprint density at radius 3 is 2.79 bits per heavy atom. The maximum atomic E-state index is 5.99. The van der Waals surface area contributed by atoms with Gasteiger partial charge in [-0.25, -0.2) is 0 Å². The summed E-state index contributed by atoms with van der Waals surface area (Å²) < 4.78 is 6.52. The van der Waals surface area contributed by atoms with Gasteiger partial charge < -0.3 is 4.74 Å². The first kappa shape index (κ1) is 12.3. The molecular formula is C10H11Br2ClO. The molecule has 0 N–H and O–H groups in total. The van der Waals surface area contributed by atoms with Crippen molar-refractivity contribution in [3.8, 4) is 5.75 Å². The van der Waals surface area contributed by atoms with Gasteiger partial charge in [0.1, 0.15) is 5.75 Å². The molecule has 4 heteroatoms. The van der Waals surface area contributed by atoms with Gasteiger partial charge in [-0.15, -0.1) is 0 Å². The number of ether oxygens (including phenoxy) is 1. The Kier molecular flexibility index (Phi) is 5.28. The first-order valence-corrected chi connectivity index (χ1v) is 6.56. The normalized spacial score (nSPS) is 12.6.